The largest absolute Gasteiger partial charge is 0.496 e. The minimum Gasteiger partial charge on any atom is -0.496 e. The molecular formula is C25H31NO2. The second kappa shape index (κ2) is 8.91. The second-order valence-electron chi connectivity index (χ2n) is 8.22. The molecule has 0 radical (unpaired) electrons. The van der Waals surface area contributed by atoms with Gasteiger partial charge in [-0.15, -0.1) is 0 Å². The van der Waals surface area contributed by atoms with E-state index in [-0.39, 0.29) is 0 Å². The van der Waals surface area contributed by atoms with Crippen LogP contribution in [0.25, 0.3) is 0 Å². The highest BCUT2D eigenvalue weighted by atomic mass is 16.5. The van der Waals surface area contributed by atoms with E-state index < -0.39 is 0 Å². The summed E-state index contributed by atoms with van der Waals surface area (Å²) < 4.78 is 5.56. The summed E-state index contributed by atoms with van der Waals surface area (Å²) in [5.74, 6) is 2.08. The smallest absolute Gasteiger partial charge is 0.137 e. The number of methoxy groups -OCH3 is 1. The normalized spacial score (nSPS) is 18.5. The van der Waals surface area contributed by atoms with Crippen LogP contribution in [-0.4, -0.2) is 26.0 Å². The minimum atomic E-state index is 0.379. The van der Waals surface area contributed by atoms with Crippen molar-refractivity contribution in [2.24, 2.45) is 0 Å². The fourth-order valence-electron chi connectivity index (χ4n) is 4.85. The highest BCUT2D eigenvalue weighted by Crippen LogP contribution is 2.38. The lowest BCUT2D eigenvalue weighted by atomic mass is 9.80. The maximum absolute atomic E-state index is 11.6. The molecule has 0 amide bonds. The Morgan fingerprint density at radius 2 is 2.00 bits per heavy atom. The van der Waals surface area contributed by atoms with Crippen LogP contribution in [-0.2, 0) is 30.5 Å². The summed E-state index contributed by atoms with van der Waals surface area (Å²) in [5, 5.41) is 3.64. The molecule has 0 aromatic heterocycles. The molecule has 3 nitrogen and oxygen atoms in total. The van der Waals surface area contributed by atoms with Gasteiger partial charge in [0.15, 0.2) is 0 Å². The SMILES string of the molecule is COc1cccc2c1CCCC2CCNCCc1ccc2c(c1)CCC(=O)C2. The average molecular weight is 378 g/mol. The van der Waals surface area contributed by atoms with Crippen LogP contribution in [0.4, 0.5) is 0 Å². The van der Waals surface area contributed by atoms with Crippen molar-refractivity contribution in [2.45, 2.75) is 57.3 Å². The maximum atomic E-state index is 11.6. The first-order chi connectivity index (χ1) is 13.7. The number of benzene rings is 2. The van der Waals surface area contributed by atoms with E-state index in [4.69, 9.17) is 4.74 Å². The van der Waals surface area contributed by atoms with Gasteiger partial charge >= 0.3 is 0 Å². The molecule has 0 bridgehead atoms. The number of nitrogens with one attached hydrogen (secondary N) is 1. The third-order valence-electron chi connectivity index (χ3n) is 6.40. The molecule has 2 aliphatic carbocycles. The number of hydrogen-bond donors (Lipinski definition) is 1. The van der Waals surface area contributed by atoms with Crippen LogP contribution in [0.2, 0.25) is 0 Å². The van der Waals surface area contributed by atoms with E-state index in [1.54, 1.807) is 7.11 Å². The van der Waals surface area contributed by atoms with Gasteiger partial charge in [0, 0.05) is 12.8 Å². The van der Waals surface area contributed by atoms with Crippen LogP contribution in [0, 0.1) is 0 Å². The van der Waals surface area contributed by atoms with Crippen molar-refractivity contribution in [3.05, 3.63) is 64.2 Å². The van der Waals surface area contributed by atoms with Gasteiger partial charge < -0.3 is 10.1 Å². The molecule has 1 unspecified atom stereocenters. The molecule has 1 N–H and O–H groups in total. The average Bonchev–Trinajstić information content (AvgIpc) is 2.73. The Hall–Kier alpha value is -2.13. The summed E-state index contributed by atoms with van der Waals surface area (Å²) in [7, 11) is 1.78. The zero-order valence-electron chi connectivity index (χ0n) is 16.9. The topological polar surface area (TPSA) is 38.3 Å². The van der Waals surface area contributed by atoms with Crippen molar-refractivity contribution in [2.75, 3.05) is 20.2 Å². The zero-order chi connectivity index (χ0) is 19.3. The molecule has 0 spiro atoms. The van der Waals surface area contributed by atoms with Crippen LogP contribution in [0.5, 0.6) is 5.75 Å². The van der Waals surface area contributed by atoms with Crippen molar-refractivity contribution in [3.63, 3.8) is 0 Å². The number of hydrogen-bond acceptors (Lipinski definition) is 3. The van der Waals surface area contributed by atoms with E-state index in [0.29, 0.717) is 24.5 Å². The van der Waals surface area contributed by atoms with Gasteiger partial charge in [-0.25, -0.2) is 0 Å². The molecule has 3 heteroatoms. The van der Waals surface area contributed by atoms with E-state index >= 15 is 0 Å². The monoisotopic (exact) mass is 377 g/mol. The first-order valence-electron chi connectivity index (χ1n) is 10.7. The zero-order valence-corrected chi connectivity index (χ0v) is 16.9. The van der Waals surface area contributed by atoms with Crippen molar-refractivity contribution in [1.82, 2.24) is 5.32 Å². The second-order valence-corrected chi connectivity index (χ2v) is 8.22. The van der Waals surface area contributed by atoms with Gasteiger partial charge in [0.2, 0.25) is 0 Å². The maximum Gasteiger partial charge on any atom is 0.137 e. The lowest BCUT2D eigenvalue weighted by Gasteiger charge is -2.27. The Labute approximate surface area is 168 Å². The fourth-order valence-corrected chi connectivity index (χ4v) is 4.85. The number of carbonyl (C=O) groups is 1. The summed E-state index contributed by atoms with van der Waals surface area (Å²) >= 11 is 0. The standard InChI is InChI=1S/C25H31NO2/c1-28-25-7-3-5-23-19(4-2-6-24(23)25)13-15-26-14-12-18-8-9-21-17-22(27)11-10-20(21)16-18/h3,5,7-9,16,19,26H,2,4,6,10-15,17H2,1H3. The first kappa shape index (κ1) is 19.2. The fraction of sp³-hybridized carbons (Fsp3) is 0.480. The predicted molar refractivity (Wildman–Crippen MR) is 113 cm³/mol. The third-order valence-corrected chi connectivity index (χ3v) is 6.40. The van der Waals surface area contributed by atoms with Crippen molar-refractivity contribution in [1.29, 1.82) is 0 Å². The van der Waals surface area contributed by atoms with Crippen LogP contribution < -0.4 is 10.1 Å². The van der Waals surface area contributed by atoms with Gasteiger partial charge in [-0.1, -0.05) is 30.3 Å². The molecule has 0 fully saturated rings. The summed E-state index contributed by atoms with van der Waals surface area (Å²) in [6, 6.07) is 13.2. The molecule has 2 aliphatic rings. The van der Waals surface area contributed by atoms with E-state index in [0.717, 1.165) is 38.1 Å². The predicted octanol–water partition coefficient (Wildman–Crippen LogP) is 4.40. The first-order valence-corrected chi connectivity index (χ1v) is 10.7. The van der Waals surface area contributed by atoms with Crippen LogP contribution in [0.3, 0.4) is 0 Å². The Bertz CT molecular complexity index is 842. The highest BCUT2D eigenvalue weighted by Gasteiger charge is 2.22. The quantitative estimate of drug-likeness (QED) is 0.727. The Kier molecular flexibility index (Phi) is 6.11. The molecule has 2 aromatic carbocycles. The Morgan fingerprint density at radius 1 is 1.07 bits per heavy atom. The number of fused-ring (bicyclic) bond motifs is 2. The van der Waals surface area contributed by atoms with Crippen molar-refractivity contribution >= 4 is 5.78 Å². The summed E-state index contributed by atoms with van der Waals surface area (Å²) in [4.78, 5) is 11.6. The van der Waals surface area contributed by atoms with E-state index in [1.165, 1.54) is 47.1 Å². The van der Waals surface area contributed by atoms with E-state index in [2.05, 4.69) is 41.7 Å². The van der Waals surface area contributed by atoms with Gasteiger partial charge in [-0.3, -0.25) is 4.79 Å². The summed E-state index contributed by atoms with van der Waals surface area (Å²) in [6.07, 6.45) is 8.18. The number of ether oxygens (including phenoxy) is 1. The lowest BCUT2D eigenvalue weighted by molar-refractivity contribution is -0.118. The van der Waals surface area contributed by atoms with Gasteiger partial charge in [0.25, 0.3) is 0 Å². The van der Waals surface area contributed by atoms with Gasteiger partial charge in [0.1, 0.15) is 11.5 Å². The number of carbonyl (C=O) groups excluding carboxylic acids is 1. The number of ketones is 1. The third kappa shape index (κ3) is 4.30. The highest BCUT2D eigenvalue weighted by molar-refractivity contribution is 5.83. The minimum absolute atomic E-state index is 0.379. The Balaban J connectivity index is 1.26. The molecule has 1 atom stereocenters. The molecule has 2 aromatic rings. The Morgan fingerprint density at radius 3 is 2.89 bits per heavy atom. The molecule has 0 saturated carbocycles. The molecule has 0 aliphatic heterocycles. The van der Waals surface area contributed by atoms with Gasteiger partial charge in [-0.2, -0.15) is 0 Å². The van der Waals surface area contributed by atoms with Crippen LogP contribution in [0.1, 0.15) is 59.4 Å². The summed E-state index contributed by atoms with van der Waals surface area (Å²) in [5.41, 5.74) is 6.92. The van der Waals surface area contributed by atoms with Crippen molar-refractivity contribution < 1.29 is 9.53 Å². The summed E-state index contributed by atoms with van der Waals surface area (Å²) in [6.45, 7) is 2.07. The molecule has 28 heavy (non-hydrogen) atoms. The van der Waals surface area contributed by atoms with Gasteiger partial charge in [-0.05, 0) is 91.4 Å². The molecule has 0 saturated heterocycles. The molecule has 0 heterocycles. The van der Waals surface area contributed by atoms with E-state index in [9.17, 15) is 4.79 Å². The molecular weight excluding hydrogens is 346 g/mol. The van der Waals surface area contributed by atoms with Crippen LogP contribution in [0.15, 0.2) is 36.4 Å². The van der Waals surface area contributed by atoms with Crippen molar-refractivity contribution in [3.8, 4) is 5.75 Å². The number of rotatable bonds is 7. The van der Waals surface area contributed by atoms with Crippen LogP contribution >= 0.6 is 0 Å². The van der Waals surface area contributed by atoms with Gasteiger partial charge in [0.05, 0.1) is 7.11 Å². The number of Topliss-reactive ketones (excluding diaryl/α,β-unsaturated/α-hetero) is 1. The van der Waals surface area contributed by atoms with E-state index in [1.807, 2.05) is 0 Å². The molecule has 4 rings (SSSR count). The lowest BCUT2D eigenvalue weighted by Crippen LogP contribution is -2.22. The number of aryl methyl sites for hydroxylation is 1. The molecule has 148 valence electrons.